The maximum atomic E-state index is 11.7. The van der Waals surface area contributed by atoms with Gasteiger partial charge in [-0.25, -0.2) is 0 Å². The summed E-state index contributed by atoms with van der Waals surface area (Å²) < 4.78 is 10.7. The van der Waals surface area contributed by atoms with Crippen molar-refractivity contribution < 1.29 is 14.3 Å². The first kappa shape index (κ1) is 11.5. The molecule has 17 heavy (non-hydrogen) atoms. The highest BCUT2D eigenvalue weighted by Gasteiger charge is 2.44. The van der Waals surface area contributed by atoms with Gasteiger partial charge in [0.25, 0.3) is 0 Å². The molecule has 3 unspecified atom stereocenters. The van der Waals surface area contributed by atoms with E-state index in [-0.39, 0.29) is 12.0 Å². The van der Waals surface area contributed by atoms with Crippen molar-refractivity contribution in [2.45, 2.75) is 50.3 Å². The third-order valence-corrected chi connectivity index (χ3v) is 4.16. The van der Waals surface area contributed by atoms with E-state index in [2.05, 4.69) is 5.32 Å². The van der Waals surface area contributed by atoms with Crippen LogP contribution in [0.25, 0.3) is 0 Å². The maximum Gasteiger partial charge on any atom is 0.323 e. The molecule has 0 amide bonds. The third-order valence-electron chi connectivity index (χ3n) is 4.16. The molecule has 1 aliphatic heterocycles. The Morgan fingerprint density at radius 1 is 1.29 bits per heavy atom. The van der Waals surface area contributed by atoms with Crippen LogP contribution in [0.1, 0.15) is 32.1 Å². The third kappa shape index (κ3) is 2.47. The van der Waals surface area contributed by atoms with Crippen molar-refractivity contribution in [1.82, 2.24) is 5.32 Å². The summed E-state index contributed by atoms with van der Waals surface area (Å²) in [6.45, 7) is 0.831. The van der Waals surface area contributed by atoms with Gasteiger partial charge in [0, 0.05) is 12.6 Å². The number of hydrogen-bond acceptors (Lipinski definition) is 4. The summed E-state index contributed by atoms with van der Waals surface area (Å²) >= 11 is 0. The predicted molar refractivity (Wildman–Crippen MR) is 62.5 cm³/mol. The fourth-order valence-corrected chi connectivity index (χ4v) is 2.86. The van der Waals surface area contributed by atoms with Gasteiger partial charge >= 0.3 is 5.97 Å². The van der Waals surface area contributed by atoms with Crippen LogP contribution in [-0.4, -0.2) is 37.9 Å². The monoisotopic (exact) mass is 239 g/mol. The van der Waals surface area contributed by atoms with Crippen LogP contribution in [0.15, 0.2) is 0 Å². The van der Waals surface area contributed by atoms with Gasteiger partial charge < -0.3 is 9.47 Å². The fourth-order valence-electron chi connectivity index (χ4n) is 2.86. The number of nitrogens with one attached hydrogen (secondary N) is 1. The number of esters is 1. The lowest BCUT2D eigenvalue weighted by Gasteiger charge is -2.24. The lowest BCUT2D eigenvalue weighted by atomic mass is 10.0. The second-order valence-corrected chi connectivity index (χ2v) is 5.57. The van der Waals surface area contributed by atoms with E-state index >= 15 is 0 Å². The topological polar surface area (TPSA) is 47.6 Å². The lowest BCUT2D eigenvalue weighted by Crippen LogP contribution is -2.49. The highest BCUT2D eigenvalue weighted by atomic mass is 16.5. The van der Waals surface area contributed by atoms with Gasteiger partial charge in [0.1, 0.15) is 6.04 Å². The number of methoxy groups -OCH3 is 1. The zero-order chi connectivity index (χ0) is 11.8. The molecular formula is C13H21NO3. The van der Waals surface area contributed by atoms with Crippen LogP contribution >= 0.6 is 0 Å². The molecular weight excluding hydrogens is 218 g/mol. The Morgan fingerprint density at radius 2 is 2.06 bits per heavy atom. The average Bonchev–Trinajstić information content (AvgIpc) is 3.25. The second kappa shape index (κ2) is 4.58. The zero-order valence-electron chi connectivity index (χ0n) is 10.4. The minimum atomic E-state index is -0.104. The number of rotatable bonds is 5. The zero-order valence-corrected chi connectivity index (χ0v) is 10.4. The van der Waals surface area contributed by atoms with Gasteiger partial charge in [-0.1, -0.05) is 0 Å². The Balaban J connectivity index is 1.61. The molecule has 3 rings (SSSR count). The molecule has 2 aliphatic carbocycles. The summed E-state index contributed by atoms with van der Waals surface area (Å²) in [5.41, 5.74) is 0. The van der Waals surface area contributed by atoms with Gasteiger partial charge in [-0.2, -0.15) is 0 Å². The van der Waals surface area contributed by atoms with E-state index in [0.29, 0.717) is 18.1 Å². The van der Waals surface area contributed by atoms with Gasteiger partial charge in [0.15, 0.2) is 0 Å². The van der Waals surface area contributed by atoms with Crippen molar-refractivity contribution in [2.75, 3.05) is 13.7 Å². The minimum Gasteiger partial charge on any atom is -0.468 e. The number of carbonyl (C=O) groups excluding carboxylic acids is 1. The smallest absolute Gasteiger partial charge is 0.323 e. The van der Waals surface area contributed by atoms with Crippen LogP contribution in [0.5, 0.6) is 0 Å². The van der Waals surface area contributed by atoms with Crippen molar-refractivity contribution >= 4 is 5.97 Å². The second-order valence-electron chi connectivity index (χ2n) is 5.57. The van der Waals surface area contributed by atoms with Crippen molar-refractivity contribution in [1.29, 1.82) is 0 Å². The quantitative estimate of drug-likeness (QED) is 0.730. The molecule has 1 heterocycles. The van der Waals surface area contributed by atoms with Crippen LogP contribution < -0.4 is 5.32 Å². The van der Waals surface area contributed by atoms with Crippen LogP contribution in [-0.2, 0) is 14.3 Å². The summed E-state index contributed by atoms with van der Waals surface area (Å²) in [4.78, 5) is 11.7. The Labute approximate surface area is 102 Å². The molecule has 0 aromatic rings. The lowest BCUT2D eigenvalue weighted by molar-refractivity contribution is -0.144. The Kier molecular flexibility index (Phi) is 3.09. The molecule has 2 saturated carbocycles. The maximum absolute atomic E-state index is 11.7. The van der Waals surface area contributed by atoms with Gasteiger partial charge in [-0.15, -0.1) is 0 Å². The Bertz CT molecular complexity index is 299. The van der Waals surface area contributed by atoms with Gasteiger partial charge in [-0.3, -0.25) is 10.1 Å². The van der Waals surface area contributed by atoms with Gasteiger partial charge in [-0.05, 0) is 43.9 Å². The summed E-state index contributed by atoms with van der Waals surface area (Å²) in [6.07, 6.45) is 6.23. The summed E-state index contributed by atoms with van der Waals surface area (Å²) in [5, 5.41) is 3.50. The molecule has 1 saturated heterocycles. The van der Waals surface area contributed by atoms with E-state index in [1.807, 2.05) is 0 Å². The molecule has 4 nitrogen and oxygen atoms in total. The van der Waals surface area contributed by atoms with E-state index in [4.69, 9.17) is 9.47 Å². The molecule has 3 atom stereocenters. The Morgan fingerprint density at radius 3 is 2.65 bits per heavy atom. The highest BCUT2D eigenvalue weighted by molar-refractivity contribution is 5.76. The van der Waals surface area contributed by atoms with Crippen molar-refractivity contribution in [3.8, 4) is 0 Å². The normalized spacial score (nSPS) is 34.6. The molecule has 0 spiro atoms. The van der Waals surface area contributed by atoms with Crippen molar-refractivity contribution in [2.24, 2.45) is 11.8 Å². The molecule has 3 aliphatic rings. The Hall–Kier alpha value is -0.610. The van der Waals surface area contributed by atoms with Crippen molar-refractivity contribution in [3.63, 3.8) is 0 Å². The molecule has 3 fully saturated rings. The first-order valence-electron chi connectivity index (χ1n) is 6.75. The number of carbonyl (C=O) groups is 1. The van der Waals surface area contributed by atoms with Gasteiger partial charge in [0.05, 0.1) is 13.2 Å². The van der Waals surface area contributed by atoms with E-state index in [1.165, 1.54) is 20.0 Å². The molecule has 0 bridgehead atoms. The van der Waals surface area contributed by atoms with Crippen molar-refractivity contribution in [3.05, 3.63) is 0 Å². The minimum absolute atomic E-state index is 0.103. The van der Waals surface area contributed by atoms with E-state index in [0.717, 1.165) is 31.8 Å². The summed E-state index contributed by atoms with van der Waals surface area (Å²) in [6, 6.07) is 0.250. The number of hydrogen-bond donors (Lipinski definition) is 1. The van der Waals surface area contributed by atoms with Crippen LogP contribution in [0, 0.1) is 11.8 Å². The van der Waals surface area contributed by atoms with Gasteiger partial charge in [0.2, 0.25) is 0 Å². The fraction of sp³-hybridized carbons (Fsp3) is 0.923. The first-order chi connectivity index (χ1) is 8.29. The summed E-state index contributed by atoms with van der Waals surface area (Å²) in [7, 11) is 1.48. The summed E-state index contributed by atoms with van der Waals surface area (Å²) in [5.74, 6) is 1.12. The molecule has 4 heteroatoms. The molecule has 1 N–H and O–H groups in total. The first-order valence-corrected chi connectivity index (χ1v) is 6.75. The van der Waals surface area contributed by atoms with E-state index in [9.17, 15) is 4.79 Å². The van der Waals surface area contributed by atoms with E-state index in [1.54, 1.807) is 0 Å². The standard InChI is InChI=1S/C13H21NO3/c1-16-13(15)11(8-2-3-8)14-10-6-7-17-12(10)9-4-5-9/h8-12,14H,2-7H2,1H3. The highest BCUT2D eigenvalue weighted by Crippen LogP contribution is 2.40. The van der Waals surface area contributed by atoms with E-state index < -0.39 is 0 Å². The average molecular weight is 239 g/mol. The van der Waals surface area contributed by atoms with Crippen LogP contribution in [0.2, 0.25) is 0 Å². The SMILES string of the molecule is COC(=O)C(NC1CCOC1C1CC1)C1CC1. The number of ether oxygens (including phenoxy) is 2. The molecule has 96 valence electrons. The van der Waals surface area contributed by atoms with Crippen LogP contribution in [0.3, 0.4) is 0 Å². The van der Waals surface area contributed by atoms with Crippen LogP contribution in [0.4, 0.5) is 0 Å². The molecule has 0 aromatic heterocycles. The predicted octanol–water partition coefficient (Wildman–Crippen LogP) is 1.10. The molecule has 0 radical (unpaired) electrons. The largest absolute Gasteiger partial charge is 0.468 e. The molecule has 0 aromatic carbocycles.